The molecule has 12 aromatic rings. The number of nitrogens with zero attached hydrogens (tertiary/aromatic N) is 2. The van der Waals surface area contributed by atoms with Gasteiger partial charge in [0.25, 0.3) is 0 Å². The maximum Gasteiger partial charge on any atom is 0.159 e. The Kier molecular flexibility index (Phi) is 9.36. The van der Waals surface area contributed by atoms with Crippen molar-refractivity contribution in [1.29, 1.82) is 0 Å². The molecule has 13 rings (SSSR count). The first-order chi connectivity index (χ1) is 34.2. The second kappa shape index (κ2) is 15.5. The topological polar surface area (TPSA) is 32.8 Å². The Balaban J connectivity index is 0.933. The molecule has 0 unspecified atom stereocenters. The third-order valence-electron chi connectivity index (χ3n) is 15.3. The van der Waals surface area contributed by atoms with Crippen LogP contribution in [-0.4, -0.2) is 0 Å². The zero-order valence-electron chi connectivity index (χ0n) is 41.7. The van der Waals surface area contributed by atoms with Crippen molar-refractivity contribution < 1.29 is 8.83 Å². The van der Waals surface area contributed by atoms with Gasteiger partial charge in [-0.25, -0.2) is 0 Å². The Morgan fingerprint density at radius 2 is 0.732 bits per heavy atom. The van der Waals surface area contributed by atoms with Crippen LogP contribution in [0.1, 0.15) is 77.6 Å². The summed E-state index contributed by atoms with van der Waals surface area (Å²) in [7, 11) is 0. The molecule has 71 heavy (non-hydrogen) atoms. The van der Waals surface area contributed by atoms with E-state index >= 15 is 0 Å². The quantitative estimate of drug-likeness (QED) is 0.166. The van der Waals surface area contributed by atoms with E-state index in [-0.39, 0.29) is 16.2 Å². The summed E-state index contributed by atoms with van der Waals surface area (Å²) < 4.78 is 13.4. The predicted octanol–water partition coefficient (Wildman–Crippen LogP) is 19.6. The van der Waals surface area contributed by atoms with E-state index in [9.17, 15) is 0 Å². The highest BCUT2D eigenvalue weighted by Crippen LogP contribution is 2.55. The Labute approximate surface area is 415 Å². The van der Waals surface area contributed by atoms with Gasteiger partial charge >= 0.3 is 0 Å². The molecule has 1 aliphatic rings. The lowest BCUT2D eigenvalue weighted by Crippen LogP contribution is -2.16. The highest BCUT2D eigenvalue weighted by atomic mass is 16.3. The van der Waals surface area contributed by atoms with E-state index in [1.165, 1.54) is 54.9 Å². The lowest BCUT2D eigenvalue weighted by atomic mass is 9.78. The van der Waals surface area contributed by atoms with Crippen LogP contribution in [0.5, 0.6) is 0 Å². The number of para-hydroxylation sites is 4. The summed E-state index contributed by atoms with van der Waals surface area (Å²) in [5, 5.41) is 9.41. The molecule has 0 aliphatic heterocycles. The summed E-state index contributed by atoms with van der Waals surface area (Å²) in [5.41, 5.74) is 17.6. The molecule has 4 nitrogen and oxygen atoms in total. The number of rotatable bonds is 6. The van der Waals surface area contributed by atoms with Crippen molar-refractivity contribution in [1.82, 2.24) is 0 Å². The van der Waals surface area contributed by atoms with Gasteiger partial charge < -0.3 is 18.6 Å². The zero-order chi connectivity index (χ0) is 48.6. The molecule has 10 aromatic carbocycles. The van der Waals surface area contributed by atoms with Crippen molar-refractivity contribution in [3.63, 3.8) is 0 Å². The van der Waals surface area contributed by atoms with Crippen LogP contribution >= 0.6 is 0 Å². The first-order valence-electron chi connectivity index (χ1n) is 25.0. The fraction of sp³-hybridized carbons (Fsp3) is 0.164. The third-order valence-corrected chi connectivity index (χ3v) is 15.3. The van der Waals surface area contributed by atoms with Gasteiger partial charge in [-0.15, -0.1) is 0 Å². The number of fused-ring (bicyclic) bond motifs is 13. The summed E-state index contributed by atoms with van der Waals surface area (Å²) in [6, 6.07) is 71.2. The largest absolute Gasteiger partial charge is 0.454 e. The highest BCUT2D eigenvalue weighted by Gasteiger charge is 2.39. The Hall–Kier alpha value is -8.08. The Bertz CT molecular complexity index is 3830. The van der Waals surface area contributed by atoms with E-state index in [2.05, 4.69) is 247 Å². The summed E-state index contributed by atoms with van der Waals surface area (Å²) in [5.74, 6) is 0. The van der Waals surface area contributed by atoms with Crippen molar-refractivity contribution in [3.8, 4) is 11.1 Å². The monoisotopic (exact) mass is 920 g/mol. The molecule has 0 saturated heterocycles. The van der Waals surface area contributed by atoms with Gasteiger partial charge in [0, 0.05) is 49.7 Å². The summed E-state index contributed by atoms with van der Waals surface area (Å²) in [4.78, 5) is 4.73. The molecule has 0 spiro atoms. The number of hydrogen-bond donors (Lipinski definition) is 0. The second-order valence-corrected chi connectivity index (χ2v) is 22.2. The van der Waals surface area contributed by atoms with Crippen LogP contribution < -0.4 is 9.80 Å². The van der Waals surface area contributed by atoms with Gasteiger partial charge in [0.2, 0.25) is 0 Å². The Morgan fingerprint density at radius 1 is 0.352 bits per heavy atom. The molecule has 0 amide bonds. The fourth-order valence-electron chi connectivity index (χ4n) is 11.7. The fourth-order valence-corrected chi connectivity index (χ4v) is 11.7. The molecule has 346 valence electrons. The normalized spacial score (nSPS) is 13.5. The van der Waals surface area contributed by atoms with Crippen LogP contribution in [0.25, 0.3) is 76.5 Å². The molecule has 1 aliphatic carbocycles. The second-order valence-electron chi connectivity index (χ2n) is 22.2. The van der Waals surface area contributed by atoms with Crippen LogP contribution in [0.4, 0.5) is 34.1 Å². The average Bonchev–Trinajstić information content (AvgIpc) is 4.02. The smallest absolute Gasteiger partial charge is 0.159 e. The minimum atomic E-state index is -0.280. The first-order valence-corrected chi connectivity index (χ1v) is 25.0. The van der Waals surface area contributed by atoms with Gasteiger partial charge in [-0.3, -0.25) is 0 Å². The van der Waals surface area contributed by atoms with Crippen LogP contribution in [0.15, 0.2) is 203 Å². The van der Waals surface area contributed by atoms with E-state index < -0.39 is 0 Å². The van der Waals surface area contributed by atoms with Crippen molar-refractivity contribution in [3.05, 3.63) is 216 Å². The molecule has 0 saturated carbocycles. The number of hydrogen-bond acceptors (Lipinski definition) is 4. The minimum absolute atomic E-state index is 0.0358. The molecular weight excluding hydrogens is 865 g/mol. The molecule has 4 heteroatoms. The molecule has 0 atom stereocenters. The molecule has 0 radical (unpaired) electrons. The van der Waals surface area contributed by atoms with Crippen molar-refractivity contribution >= 4 is 99.5 Å². The summed E-state index contributed by atoms with van der Waals surface area (Å²) in [6.07, 6.45) is 0. The van der Waals surface area contributed by atoms with Gasteiger partial charge in [-0.2, -0.15) is 0 Å². The van der Waals surface area contributed by atoms with Gasteiger partial charge in [-0.05, 0) is 139 Å². The summed E-state index contributed by atoms with van der Waals surface area (Å²) >= 11 is 0. The number of benzene rings is 10. The van der Waals surface area contributed by atoms with E-state index in [4.69, 9.17) is 8.83 Å². The van der Waals surface area contributed by atoms with E-state index in [1.54, 1.807) is 0 Å². The number of furan rings is 2. The highest BCUT2D eigenvalue weighted by molar-refractivity contribution is 6.12. The average molecular weight is 921 g/mol. The van der Waals surface area contributed by atoms with E-state index in [0.29, 0.717) is 0 Å². The molecule has 2 aromatic heterocycles. The maximum absolute atomic E-state index is 6.69. The first kappa shape index (κ1) is 43.0. The van der Waals surface area contributed by atoms with Crippen LogP contribution in [0.3, 0.4) is 0 Å². The summed E-state index contributed by atoms with van der Waals surface area (Å²) in [6.45, 7) is 18.4. The minimum Gasteiger partial charge on any atom is -0.454 e. The zero-order valence-corrected chi connectivity index (χ0v) is 41.7. The molecule has 0 bridgehead atoms. The van der Waals surface area contributed by atoms with Crippen molar-refractivity contribution in [2.24, 2.45) is 0 Å². The Morgan fingerprint density at radius 3 is 1.14 bits per heavy atom. The SMILES string of the molecule is CC(C)(C)c1ccc(N(c2ccc3c4c(ccc3c2)-c2ccc3cc(N(c5ccc(C(C)(C)C)cc5)c5cccc6c5oc5ccccc56)ccc3c2C4(C)C)c2cccc3c2oc2ccccc23)cc1. The van der Waals surface area contributed by atoms with E-state index in [0.717, 1.165) is 78.0 Å². The third kappa shape index (κ3) is 6.72. The maximum atomic E-state index is 6.69. The molecule has 0 fully saturated rings. The predicted molar refractivity (Wildman–Crippen MR) is 300 cm³/mol. The number of anilines is 6. The van der Waals surface area contributed by atoms with Gasteiger partial charge in [0.1, 0.15) is 11.2 Å². The lowest BCUT2D eigenvalue weighted by Gasteiger charge is -2.29. The van der Waals surface area contributed by atoms with Crippen LogP contribution in [0.2, 0.25) is 0 Å². The molecule has 0 N–H and O–H groups in total. The van der Waals surface area contributed by atoms with Crippen LogP contribution in [0, 0.1) is 0 Å². The van der Waals surface area contributed by atoms with Crippen LogP contribution in [-0.2, 0) is 16.2 Å². The van der Waals surface area contributed by atoms with Gasteiger partial charge in [0.15, 0.2) is 11.2 Å². The van der Waals surface area contributed by atoms with Gasteiger partial charge in [-0.1, -0.05) is 177 Å². The van der Waals surface area contributed by atoms with E-state index in [1.807, 2.05) is 12.1 Å². The lowest BCUT2D eigenvalue weighted by molar-refractivity contribution is 0.590. The molecule has 2 heterocycles. The van der Waals surface area contributed by atoms with Crippen molar-refractivity contribution in [2.45, 2.75) is 71.6 Å². The van der Waals surface area contributed by atoms with Gasteiger partial charge in [0.05, 0.1) is 11.4 Å². The molecular formula is C67H56N2O2. The standard InChI is InChI=1S/C67H56N2O2/c1-65(2,3)43-25-29-45(30-26-43)68(57-19-13-17-55-51-15-9-11-21-59(51)70-63(55)57)47-33-37-49-41(39-47)23-35-53-54-36-24-42-40-48(34-38-50(42)62(54)67(7,8)61(49)53)69(46-31-27-44(28-32-46)66(4,5)6)58-20-14-18-56-52-16-10-12-22-60(52)71-64(56)58/h9-40H,1-8H3. The van der Waals surface area contributed by atoms with Crippen molar-refractivity contribution in [2.75, 3.05) is 9.80 Å².